The van der Waals surface area contributed by atoms with Gasteiger partial charge in [-0.3, -0.25) is 14.3 Å². The summed E-state index contributed by atoms with van der Waals surface area (Å²) in [6, 6.07) is 5.10. The number of ether oxygens (including phenoxy) is 1. The number of benzene rings is 1. The minimum absolute atomic E-state index is 0.0621. The highest BCUT2D eigenvalue weighted by Crippen LogP contribution is 2.16. The maximum absolute atomic E-state index is 11.8. The lowest BCUT2D eigenvalue weighted by Crippen LogP contribution is -2.29. The van der Waals surface area contributed by atoms with E-state index in [2.05, 4.69) is 5.10 Å². The zero-order valence-corrected chi connectivity index (χ0v) is 12.2. The van der Waals surface area contributed by atoms with Gasteiger partial charge in [-0.25, -0.2) is 9.86 Å². The molecule has 0 atom stereocenters. The number of nitrogens with zero attached hydrogens (tertiary/aromatic N) is 3. The number of rotatable bonds is 5. The number of amides is 1. The van der Waals surface area contributed by atoms with Gasteiger partial charge in [0.25, 0.3) is 5.91 Å². The van der Waals surface area contributed by atoms with Gasteiger partial charge in [0, 0.05) is 12.4 Å². The van der Waals surface area contributed by atoms with Gasteiger partial charge in [0.05, 0.1) is 31.0 Å². The number of esters is 1. The van der Waals surface area contributed by atoms with Crippen LogP contribution in [0.4, 0.5) is 0 Å². The predicted molar refractivity (Wildman–Crippen MR) is 75.5 cm³/mol. The Bertz CT molecular complexity index is 665. The first kappa shape index (κ1) is 15.0. The average Bonchev–Trinajstić information content (AvgIpc) is 2.88. The summed E-state index contributed by atoms with van der Waals surface area (Å²) in [6.07, 6.45) is 1.61. The van der Waals surface area contributed by atoms with Crippen LogP contribution in [0.1, 0.15) is 17.3 Å². The van der Waals surface area contributed by atoms with Crippen molar-refractivity contribution < 1.29 is 19.2 Å². The highest BCUT2D eigenvalue weighted by molar-refractivity contribution is 5.94. The molecule has 1 aromatic carbocycles. The Kier molecular flexibility index (Phi) is 4.54. The van der Waals surface area contributed by atoms with Crippen molar-refractivity contribution in [1.29, 1.82) is 0 Å². The number of hydroxylamine groups is 2. The number of hydrogen-bond acceptors (Lipinski definition) is 5. The van der Waals surface area contributed by atoms with Gasteiger partial charge in [0.1, 0.15) is 6.54 Å². The van der Waals surface area contributed by atoms with E-state index >= 15 is 0 Å². The van der Waals surface area contributed by atoms with E-state index in [1.54, 1.807) is 36.0 Å². The van der Waals surface area contributed by atoms with E-state index in [1.807, 2.05) is 0 Å². The SMILES string of the molecule is CCOC(=O)c1ccc2c(cnn2CC(=O)N(C)OC)c1. The summed E-state index contributed by atoms with van der Waals surface area (Å²) in [4.78, 5) is 28.3. The molecule has 0 aliphatic rings. The quantitative estimate of drug-likeness (QED) is 0.612. The van der Waals surface area contributed by atoms with Crippen molar-refractivity contribution in [2.75, 3.05) is 20.8 Å². The third-order valence-corrected chi connectivity index (χ3v) is 3.06. The van der Waals surface area contributed by atoms with Crippen LogP contribution in [0.3, 0.4) is 0 Å². The van der Waals surface area contributed by atoms with E-state index in [4.69, 9.17) is 9.57 Å². The molecule has 1 heterocycles. The van der Waals surface area contributed by atoms with Crippen molar-refractivity contribution in [2.45, 2.75) is 13.5 Å². The zero-order chi connectivity index (χ0) is 15.4. The number of fused-ring (bicyclic) bond motifs is 1. The molecule has 21 heavy (non-hydrogen) atoms. The molecule has 0 saturated carbocycles. The molecule has 2 aromatic rings. The monoisotopic (exact) mass is 291 g/mol. The molecule has 1 amide bonds. The molecule has 0 unspecified atom stereocenters. The van der Waals surface area contributed by atoms with E-state index in [1.165, 1.54) is 14.2 Å². The van der Waals surface area contributed by atoms with E-state index < -0.39 is 0 Å². The van der Waals surface area contributed by atoms with E-state index in [9.17, 15) is 9.59 Å². The molecule has 7 nitrogen and oxygen atoms in total. The maximum atomic E-state index is 11.8. The van der Waals surface area contributed by atoms with Gasteiger partial charge < -0.3 is 4.74 Å². The molecule has 0 N–H and O–H groups in total. The number of likely N-dealkylation sites (N-methyl/N-ethyl adjacent to an activating group) is 1. The van der Waals surface area contributed by atoms with Gasteiger partial charge in [-0.05, 0) is 25.1 Å². The summed E-state index contributed by atoms with van der Waals surface area (Å²) in [5.41, 5.74) is 1.23. The summed E-state index contributed by atoms with van der Waals surface area (Å²) < 4.78 is 6.51. The Hall–Kier alpha value is -2.41. The molecule has 0 fully saturated rings. The molecule has 0 aliphatic heterocycles. The molecular weight excluding hydrogens is 274 g/mol. The van der Waals surface area contributed by atoms with Crippen LogP contribution in [0.15, 0.2) is 24.4 Å². The second kappa shape index (κ2) is 6.36. The van der Waals surface area contributed by atoms with Crippen LogP contribution < -0.4 is 0 Å². The van der Waals surface area contributed by atoms with Gasteiger partial charge in [-0.1, -0.05) is 0 Å². The Morgan fingerprint density at radius 2 is 2.14 bits per heavy atom. The molecule has 0 saturated heterocycles. The first-order chi connectivity index (χ1) is 10.1. The zero-order valence-electron chi connectivity index (χ0n) is 12.2. The summed E-state index contributed by atoms with van der Waals surface area (Å²) in [6.45, 7) is 2.15. The van der Waals surface area contributed by atoms with Crippen molar-refractivity contribution in [2.24, 2.45) is 0 Å². The Balaban J connectivity index is 2.25. The summed E-state index contributed by atoms with van der Waals surface area (Å²) in [5, 5.41) is 6.07. The van der Waals surface area contributed by atoms with Crippen LogP contribution in [0, 0.1) is 0 Å². The van der Waals surface area contributed by atoms with Crippen molar-refractivity contribution in [3.63, 3.8) is 0 Å². The predicted octanol–water partition coefficient (Wildman–Crippen LogP) is 1.23. The molecule has 1 aromatic heterocycles. The van der Waals surface area contributed by atoms with Crippen LogP contribution in [0.2, 0.25) is 0 Å². The average molecular weight is 291 g/mol. The van der Waals surface area contributed by atoms with Crippen molar-refractivity contribution in [1.82, 2.24) is 14.8 Å². The van der Waals surface area contributed by atoms with Crippen LogP contribution in [-0.4, -0.2) is 47.5 Å². The molecule has 7 heteroatoms. The van der Waals surface area contributed by atoms with Gasteiger partial charge in [0.2, 0.25) is 0 Å². The lowest BCUT2D eigenvalue weighted by molar-refractivity contribution is -0.169. The standard InChI is InChI=1S/C14H17N3O4/c1-4-21-14(19)10-5-6-12-11(7-10)8-15-17(12)9-13(18)16(2)20-3/h5-8H,4,9H2,1-3H3. The van der Waals surface area contributed by atoms with Crippen molar-refractivity contribution in [3.8, 4) is 0 Å². The third-order valence-electron chi connectivity index (χ3n) is 3.06. The first-order valence-electron chi connectivity index (χ1n) is 6.50. The second-order valence-electron chi connectivity index (χ2n) is 4.37. The largest absolute Gasteiger partial charge is 0.462 e. The molecule has 0 radical (unpaired) electrons. The summed E-state index contributed by atoms with van der Waals surface area (Å²) in [5.74, 6) is -0.598. The summed E-state index contributed by atoms with van der Waals surface area (Å²) in [7, 11) is 2.96. The third kappa shape index (κ3) is 3.19. The van der Waals surface area contributed by atoms with Gasteiger partial charge in [-0.2, -0.15) is 5.10 Å². The lowest BCUT2D eigenvalue weighted by atomic mass is 10.1. The van der Waals surface area contributed by atoms with E-state index in [0.29, 0.717) is 12.2 Å². The Morgan fingerprint density at radius 3 is 2.81 bits per heavy atom. The first-order valence-corrected chi connectivity index (χ1v) is 6.50. The smallest absolute Gasteiger partial charge is 0.338 e. The molecule has 112 valence electrons. The van der Waals surface area contributed by atoms with Crippen LogP contribution in [-0.2, 0) is 20.9 Å². The molecule has 0 spiro atoms. The summed E-state index contributed by atoms with van der Waals surface area (Å²) >= 11 is 0. The number of hydrogen-bond donors (Lipinski definition) is 0. The van der Waals surface area contributed by atoms with Crippen molar-refractivity contribution in [3.05, 3.63) is 30.0 Å². The highest BCUT2D eigenvalue weighted by atomic mass is 16.7. The van der Waals surface area contributed by atoms with Crippen molar-refractivity contribution >= 4 is 22.8 Å². The second-order valence-corrected chi connectivity index (χ2v) is 4.37. The fraction of sp³-hybridized carbons (Fsp3) is 0.357. The van der Waals surface area contributed by atoms with Gasteiger partial charge in [0.15, 0.2) is 0 Å². The van der Waals surface area contributed by atoms with Crippen LogP contribution in [0.5, 0.6) is 0 Å². The van der Waals surface area contributed by atoms with Crippen LogP contribution in [0.25, 0.3) is 10.9 Å². The number of carbonyl (C=O) groups excluding carboxylic acids is 2. The molecule has 0 aliphatic carbocycles. The highest BCUT2D eigenvalue weighted by Gasteiger charge is 2.13. The minimum Gasteiger partial charge on any atom is -0.462 e. The molecular formula is C14H17N3O4. The lowest BCUT2D eigenvalue weighted by Gasteiger charge is -2.13. The van der Waals surface area contributed by atoms with E-state index in [0.717, 1.165) is 16.0 Å². The fourth-order valence-corrected chi connectivity index (χ4v) is 1.88. The van der Waals surface area contributed by atoms with Gasteiger partial charge in [-0.15, -0.1) is 0 Å². The normalized spacial score (nSPS) is 10.6. The fourth-order valence-electron chi connectivity index (χ4n) is 1.88. The van der Waals surface area contributed by atoms with Gasteiger partial charge >= 0.3 is 5.97 Å². The topological polar surface area (TPSA) is 73.7 Å². The Morgan fingerprint density at radius 1 is 1.38 bits per heavy atom. The van der Waals surface area contributed by atoms with E-state index in [-0.39, 0.29) is 18.4 Å². The molecule has 0 bridgehead atoms. The number of aromatic nitrogens is 2. The minimum atomic E-state index is -0.373. The number of carbonyl (C=O) groups is 2. The van der Waals surface area contributed by atoms with Crippen LogP contribution >= 0.6 is 0 Å². The Labute approximate surface area is 122 Å². The maximum Gasteiger partial charge on any atom is 0.338 e. The molecule has 2 rings (SSSR count).